The highest BCUT2D eigenvalue weighted by molar-refractivity contribution is 9.10. The van der Waals surface area contributed by atoms with Gasteiger partial charge in [-0.3, -0.25) is 0 Å². The van der Waals surface area contributed by atoms with Gasteiger partial charge >= 0.3 is 0 Å². The number of anilines is 1. The molecule has 3 nitrogen and oxygen atoms in total. The minimum absolute atomic E-state index is 0.412. The fraction of sp³-hybridized carbons (Fsp3) is 0.467. The van der Waals surface area contributed by atoms with E-state index >= 15 is 0 Å². The van der Waals surface area contributed by atoms with Gasteiger partial charge in [0.2, 0.25) is 0 Å². The Labute approximate surface area is 133 Å². The van der Waals surface area contributed by atoms with Gasteiger partial charge in [0, 0.05) is 22.3 Å². The van der Waals surface area contributed by atoms with Crippen LogP contribution in [0.5, 0.6) is 0 Å². The summed E-state index contributed by atoms with van der Waals surface area (Å²) in [7, 11) is 0. The van der Waals surface area contributed by atoms with E-state index in [4.69, 9.17) is 9.97 Å². The van der Waals surface area contributed by atoms with E-state index in [1.54, 1.807) is 11.3 Å². The average molecular weight is 354 g/mol. The van der Waals surface area contributed by atoms with Crippen LogP contribution in [0.15, 0.2) is 15.9 Å². The highest BCUT2D eigenvalue weighted by Crippen LogP contribution is 2.34. The average Bonchev–Trinajstić information content (AvgIpc) is 2.81. The van der Waals surface area contributed by atoms with Gasteiger partial charge in [-0.1, -0.05) is 20.8 Å². The topological polar surface area (TPSA) is 37.8 Å². The first-order valence-electron chi connectivity index (χ1n) is 6.90. The number of nitrogens with one attached hydrogen (secondary N) is 1. The zero-order valence-electron chi connectivity index (χ0n) is 12.3. The molecule has 2 heterocycles. The molecule has 2 rings (SSSR count). The molecule has 0 fully saturated rings. The van der Waals surface area contributed by atoms with Crippen molar-refractivity contribution in [2.24, 2.45) is 0 Å². The highest BCUT2D eigenvalue weighted by Gasteiger charge is 2.17. The largest absolute Gasteiger partial charge is 0.370 e. The van der Waals surface area contributed by atoms with Crippen molar-refractivity contribution in [1.82, 2.24) is 9.97 Å². The van der Waals surface area contributed by atoms with E-state index in [1.807, 2.05) is 11.4 Å². The number of aryl methyl sites for hydroxylation is 1. The summed E-state index contributed by atoms with van der Waals surface area (Å²) in [5, 5.41) is 5.49. The van der Waals surface area contributed by atoms with E-state index in [9.17, 15) is 0 Å². The summed E-state index contributed by atoms with van der Waals surface area (Å²) in [6.07, 6.45) is 1.08. The second-order valence-corrected chi connectivity index (χ2v) is 6.84. The molecule has 0 aliphatic rings. The molecule has 0 aliphatic carbocycles. The minimum atomic E-state index is 0.412. The zero-order valence-corrected chi connectivity index (χ0v) is 14.7. The van der Waals surface area contributed by atoms with Gasteiger partial charge in [0.1, 0.15) is 5.82 Å². The summed E-state index contributed by atoms with van der Waals surface area (Å²) >= 11 is 5.22. The second kappa shape index (κ2) is 6.68. The first-order valence-corrected chi connectivity index (χ1v) is 8.57. The standard InChI is InChI=1S/C15H20BrN3S/c1-5-7-17-14-12(9(2)3)10(4)18-15(19-14)13-11(16)6-8-20-13/h6,8-9H,5,7H2,1-4H3,(H,17,18,19). The molecule has 0 aliphatic heterocycles. The second-order valence-electron chi connectivity index (χ2n) is 5.07. The first kappa shape index (κ1) is 15.4. The van der Waals surface area contributed by atoms with E-state index in [0.29, 0.717) is 5.92 Å². The van der Waals surface area contributed by atoms with Crippen LogP contribution in [-0.4, -0.2) is 16.5 Å². The maximum absolute atomic E-state index is 4.75. The lowest BCUT2D eigenvalue weighted by Gasteiger charge is -2.16. The van der Waals surface area contributed by atoms with Gasteiger partial charge in [-0.05, 0) is 46.6 Å². The molecule has 108 valence electrons. The van der Waals surface area contributed by atoms with Crippen LogP contribution in [0.2, 0.25) is 0 Å². The van der Waals surface area contributed by atoms with Gasteiger partial charge in [-0.15, -0.1) is 11.3 Å². The fourth-order valence-electron chi connectivity index (χ4n) is 2.21. The molecule has 2 aromatic rings. The Morgan fingerprint density at radius 1 is 1.35 bits per heavy atom. The lowest BCUT2D eigenvalue weighted by atomic mass is 10.0. The quantitative estimate of drug-likeness (QED) is 0.800. The predicted molar refractivity (Wildman–Crippen MR) is 90.7 cm³/mol. The Kier molecular flexibility index (Phi) is 5.16. The molecular weight excluding hydrogens is 334 g/mol. The molecule has 0 radical (unpaired) electrons. The maximum Gasteiger partial charge on any atom is 0.173 e. The fourth-order valence-corrected chi connectivity index (χ4v) is 3.69. The van der Waals surface area contributed by atoms with Gasteiger partial charge in [0.15, 0.2) is 5.82 Å². The monoisotopic (exact) mass is 353 g/mol. The third-order valence-corrected chi connectivity index (χ3v) is 4.91. The molecule has 0 saturated carbocycles. The molecule has 2 aromatic heterocycles. The number of hydrogen-bond donors (Lipinski definition) is 1. The van der Waals surface area contributed by atoms with Crippen molar-refractivity contribution >= 4 is 33.1 Å². The number of thiophene rings is 1. The predicted octanol–water partition coefficient (Wildman–Crippen LogP) is 5.22. The molecule has 0 aromatic carbocycles. The smallest absolute Gasteiger partial charge is 0.173 e. The number of hydrogen-bond acceptors (Lipinski definition) is 4. The van der Waals surface area contributed by atoms with Crippen LogP contribution in [0, 0.1) is 6.92 Å². The van der Waals surface area contributed by atoms with Crippen molar-refractivity contribution < 1.29 is 0 Å². The Morgan fingerprint density at radius 2 is 2.10 bits per heavy atom. The van der Waals surface area contributed by atoms with Crippen LogP contribution < -0.4 is 5.32 Å². The van der Waals surface area contributed by atoms with E-state index in [1.165, 1.54) is 5.56 Å². The summed E-state index contributed by atoms with van der Waals surface area (Å²) in [6, 6.07) is 2.04. The Balaban J connectivity index is 2.51. The van der Waals surface area contributed by atoms with Crippen molar-refractivity contribution in [3.8, 4) is 10.7 Å². The third kappa shape index (κ3) is 3.20. The van der Waals surface area contributed by atoms with Crippen LogP contribution in [0.25, 0.3) is 10.7 Å². The molecular formula is C15H20BrN3S. The Morgan fingerprint density at radius 3 is 2.65 bits per heavy atom. The SMILES string of the molecule is CCCNc1nc(-c2sccc2Br)nc(C)c1C(C)C. The lowest BCUT2D eigenvalue weighted by Crippen LogP contribution is -2.10. The van der Waals surface area contributed by atoms with E-state index in [-0.39, 0.29) is 0 Å². The normalized spacial score (nSPS) is 11.1. The summed E-state index contributed by atoms with van der Waals surface area (Å²) in [5.74, 6) is 2.19. The number of rotatable bonds is 5. The lowest BCUT2D eigenvalue weighted by molar-refractivity contribution is 0.827. The van der Waals surface area contributed by atoms with Crippen LogP contribution in [-0.2, 0) is 0 Å². The molecule has 0 spiro atoms. The van der Waals surface area contributed by atoms with Crippen LogP contribution in [0.4, 0.5) is 5.82 Å². The molecule has 0 amide bonds. The van der Waals surface area contributed by atoms with Crippen molar-refractivity contribution in [2.75, 3.05) is 11.9 Å². The molecule has 5 heteroatoms. The van der Waals surface area contributed by atoms with Crippen molar-refractivity contribution in [2.45, 2.75) is 40.0 Å². The van der Waals surface area contributed by atoms with E-state index in [2.05, 4.69) is 48.9 Å². The summed E-state index contributed by atoms with van der Waals surface area (Å²) in [5.41, 5.74) is 2.28. The summed E-state index contributed by atoms with van der Waals surface area (Å²) < 4.78 is 1.06. The zero-order chi connectivity index (χ0) is 14.7. The molecule has 1 N–H and O–H groups in total. The van der Waals surface area contributed by atoms with Crippen molar-refractivity contribution in [3.05, 3.63) is 27.2 Å². The van der Waals surface area contributed by atoms with Gasteiger partial charge in [-0.25, -0.2) is 9.97 Å². The minimum Gasteiger partial charge on any atom is -0.370 e. The van der Waals surface area contributed by atoms with Gasteiger partial charge in [-0.2, -0.15) is 0 Å². The van der Waals surface area contributed by atoms with Crippen molar-refractivity contribution in [3.63, 3.8) is 0 Å². The molecule has 0 unspecified atom stereocenters. The van der Waals surface area contributed by atoms with Crippen LogP contribution in [0.1, 0.15) is 44.4 Å². The number of aromatic nitrogens is 2. The van der Waals surface area contributed by atoms with E-state index in [0.717, 1.165) is 39.7 Å². The maximum atomic E-state index is 4.75. The Hall–Kier alpha value is -0.940. The van der Waals surface area contributed by atoms with Gasteiger partial charge in [0.25, 0.3) is 0 Å². The summed E-state index contributed by atoms with van der Waals surface area (Å²) in [4.78, 5) is 10.5. The number of nitrogens with zero attached hydrogens (tertiary/aromatic N) is 2. The number of halogens is 1. The van der Waals surface area contributed by atoms with Crippen LogP contribution >= 0.6 is 27.3 Å². The molecule has 0 atom stereocenters. The van der Waals surface area contributed by atoms with E-state index < -0.39 is 0 Å². The highest BCUT2D eigenvalue weighted by atomic mass is 79.9. The third-order valence-electron chi connectivity index (χ3n) is 3.08. The van der Waals surface area contributed by atoms with Gasteiger partial charge in [0.05, 0.1) is 4.88 Å². The van der Waals surface area contributed by atoms with Crippen molar-refractivity contribution in [1.29, 1.82) is 0 Å². The molecule has 20 heavy (non-hydrogen) atoms. The summed E-state index contributed by atoms with van der Waals surface area (Å²) in [6.45, 7) is 9.53. The van der Waals surface area contributed by atoms with Crippen LogP contribution in [0.3, 0.4) is 0 Å². The Bertz CT molecular complexity index is 593. The molecule has 0 bridgehead atoms. The van der Waals surface area contributed by atoms with Gasteiger partial charge < -0.3 is 5.32 Å². The molecule has 0 saturated heterocycles. The first-order chi connectivity index (χ1) is 9.54.